The van der Waals surface area contributed by atoms with Crippen molar-refractivity contribution in [3.8, 4) is 23.0 Å². The highest BCUT2D eigenvalue weighted by atomic mass is 32.2. The van der Waals surface area contributed by atoms with E-state index in [1.807, 2.05) is 0 Å². The van der Waals surface area contributed by atoms with Crippen LogP contribution in [0.25, 0.3) is 0 Å². The molecule has 0 saturated carbocycles. The molecule has 0 unspecified atom stereocenters. The van der Waals surface area contributed by atoms with Crippen molar-refractivity contribution >= 4 is 70.7 Å². The Labute approximate surface area is 490 Å². The summed E-state index contributed by atoms with van der Waals surface area (Å²) in [6.45, 7) is 31.9. The lowest BCUT2D eigenvalue weighted by Crippen LogP contribution is -2.33. The predicted octanol–water partition coefficient (Wildman–Crippen LogP) is 16.7. The first-order chi connectivity index (χ1) is 37.8. The van der Waals surface area contributed by atoms with Gasteiger partial charge in [-0.1, -0.05) is 168 Å². The van der Waals surface area contributed by atoms with Gasteiger partial charge in [0.15, 0.2) is 0 Å². The number of ether oxygens (including phenoxy) is 4. The third-order valence-electron chi connectivity index (χ3n) is 14.2. The molecule has 14 heteroatoms. The molecule has 9 rings (SSSR count). The van der Waals surface area contributed by atoms with Crippen molar-refractivity contribution in [2.75, 3.05) is 39.5 Å². The van der Waals surface area contributed by atoms with Crippen molar-refractivity contribution in [3.63, 3.8) is 0 Å². The minimum Gasteiger partial charge on any atom is -0.491 e. The van der Waals surface area contributed by atoms with Crippen molar-refractivity contribution in [2.45, 2.75) is 171 Å². The van der Waals surface area contributed by atoms with Gasteiger partial charge in [0.2, 0.25) is 0 Å². The van der Waals surface area contributed by atoms with Crippen LogP contribution in [0.15, 0.2) is 136 Å². The molecule has 6 aromatic rings. The van der Waals surface area contributed by atoms with E-state index in [4.69, 9.17) is 18.9 Å². The number of benzene rings is 6. The van der Waals surface area contributed by atoms with Crippen LogP contribution in [-0.4, -0.2) is 72.9 Å². The Balaban J connectivity index is 1.29. The molecular weight excluding hydrogens is 1080 g/mol. The van der Waals surface area contributed by atoms with Crippen molar-refractivity contribution < 1.29 is 38.1 Å². The fraction of sp³-hybridized carbons (Fsp3) is 0.394. The number of fused-ring (bicyclic) bond motifs is 10. The standard InChI is InChI=1S/C66H74N2O8S4/c1-15-27-73-55-47-31-39(63(3,4)5)32-48(55)78-52-36-42(66(12,13)14)38-54(58(52)76-30-26-68-61(71)45-23-19-20-24-46(45)62(68)72)80-50-34-40(64(6,7)8)33-49(56(50)74-28-16-2)79-53-37-41(65(9,10)11)35-51(77-47)57(53)75-29-25-67-59(69)43-21-17-18-22-44(43)60(67)70/h17-24,31-38H,15-16,25-30H2,1-14H3. The number of hydrogen-bond acceptors (Lipinski definition) is 12. The largest absolute Gasteiger partial charge is 0.491 e. The van der Waals surface area contributed by atoms with Gasteiger partial charge in [-0.15, -0.1) is 0 Å². The Kier molecular flexibility index (Phi) is 17.1. The third-order valence-corrected chi connectivity index (χ3v) is 18.4. The van der Waals surface area contributed by atoms with Gasteiger partial charge in [0, 0.05) is 0 Å². The van der Waals surface area contributed by atoms with Crippen LogP contribution in [0.3, 0.4) is 0 Å². The van der Waals surface area contributed by atoms with Crippen LogP contribution in [0.1, 0.15) is 173 Å². The van der Waals surface area contributed by atoms with E-state index < -0.39 is 0 Å². The maximum Gasteiger partial charge on any atom is 0.261 e. The van der Waals surface area contributed by atoms with Crippen molar-refractivity contribution in [1.82, 2.24) is 9.80 Å². The summed E-state index contributed by atoms with van der Waals surface area (Å²) in [6.07, 6.45) is 1.54. The molecule has 3 aliphatic rings. The Morgan fingerprint density at radius 3 is 0.725 bits per heavy atom. The van der Waals surface area contributed by atoms with E-state index in [1.54, 1.807) is 95.6 Å². The van der Waals surface area contributed by atoms with Crippen molar-refractivity contribution in [3.05, 3.63) is 142 Å². The second-order valence-corrected chi connectivity index (χ2v) is 29.0. The molecule has 3 heterocycles. The monoisotopic (exact) mass is 1150 g/mol. The highest BCUT2D eigenvalue weighted by Crippen LogP contribution is 2.56. The van der Waals surface area contributed by atoms with E-state index in [-0.39, 0.29) is 71.6 Å². The maximum absolute atomic E-state index is 13.7. The zero-order valence-electron chi connectivity index (χ0n) is 48.7. The summed E-state index contributed by atoms with van der Waals surface area (Å²) in [5.41, 5.74) is 4.80. The topological polar surface area (TPSA) is 112 Å². The van der Waals surface area contributed by atoms with Gasteiger partial charge in [0.05, 0.1) is 87.7 Å². The van der Waals surface area contributed by atoms with E-state index in [2.05, 4.69) is 145 Å². The van der Waals surface area contributed by atoms with Crippen LogP contribution in [-0.2, 0) is 21.7 Å². The summed E-state index contributed by atoms with van der Waals surface area (Å²) in [6, 6.07) is 31.8. The van der Waals surface area contributed by atoms with Gasteiger partial charge >= 0.3 is 0 Å². The van der Waals surface area contributed by atoms with Crippen molar-refractivity contribution in [2.24, 2.45) is 0 Å². The number of imide groups is 2. The molecule has 4 amide bonds. The highest BCUT2D eigenvalue weighted by molar-refractivity contribution is 8.01. The Morgan fingerprint density at radius 1 is 0.338 bits per heavy atom. The fourth-order valence-corrected chi connectivity index (χ4v) is 14.2. The van der Waals surface area contributed by atoms with E-state index in [0.717, 1.165) is 85.8 Å². The Morgan fingerprint density at radius 2 is 0.537 bits per heavy atom. The lowest BCUT2D eigenvalue weighted by molar-refractivity contribution is 0.0615. The van der Waals surface area contributed by atoms with E-state index in [9.17, 15) is 19.2 Å². The summed E-state index contributed by atoms with van der Waals surface area (Å²) in [5, 5.41) is 0. The Bertz CT molecular complexity index is 3020. The molecular formula is C66H74N2O8S4. The van der Waals surface area contributed by atoms with Gasteiger partial charge < -0.3 is 18.9 Å². The fourth-order valence-electron chi connectivity index (χ4n) is 9.46. The van der Waals surface area contributed by atoms with Crippen molar-refractivity contribution in [1.29, 1.82) is 0 Å². The average molecular weight is 1150 g/mol. The summed E-state index contributed by atoms with van der Waals surface area (Å²) in [4.78, 5) is 64.5. The Hall–Kier alpha value is -5.80. The van der Waals surface area contributed by atoms with Gasteiger partial charge in [-0.2, -0.15) is 0 Å². The van der Waals surface area contributed by atoms with Crippen LogP contribution in [0.2, 0.25) is 0 Å². The number of carbonyl (C=O) groups is 4. The molecule has 80 heavy (non-hydrogen) atoms. The molecule has 3 aliphatic heterocycles. The number of rotatable bonds is 14. The molecule has 0 atom stereocenters. The summed E-state index contributed by atoms with van der Waals surface area (Å²) >= 11 is 6.36. The molecule has 0 N–H and O–H groups in total. The maximum atomic E-state index is 13.7. The van der Waals surface area contributed by atoms with E-state index in [1.165, 1.54) is 9.80 Å². The first-order valence-electron chi connectivity index (χ1n) is 27.6. The quantitative estimate of drug-likeness (QED) is 0.0967. The molecule has 0 fully saturated rings. The first kappa shape index (κ1) is 58.8. The van der Waals surface area contributed by atoms with Gasteiger partial charge in [-0.25, -0.2) is 0 Å². The van der Waals surface area contributed by atoms with Crippen LogP contribution < -0.4 is 18.9 Å². The van der Waals surface area contributed by atoms with Crippen LogP contribution in [0.5, 0.6) is 23.0 Å². The second-order valence-electron chi connectivity index (χ2n) is 24.6. The number of amides is 4. The number of carbonyl (C=O) groups excluding carboxylic acids is 4. The SMILES string of the molecule is CCCOc1c2cc(C(C)(C)C)cc1Sc1cc(C(C)(C)C)cc(c1OCCN1C(=O)c3ccccc3C1=O)Sc1cc(C(C)(C)C)cc(c1OCCC)Sc1cc(C(C)(C)C)cc(c1OCCN1C(=O)c3ccccc3C1=O)S2. The minimum atomic E-state index is -0.331. The molecule has 8 bridgehead atoms. The molecule has 420 valence electrons. The lowest BCUT2D eigenvalue weighted by atomic mass is 9.87. The zero-order valence-corrected chi connectivity index (χ0v) is 52.0. The predicted molar refractivity (Wildman–Crippen MR) is 323 cm³/mol. The lowest BCUT2D eigenvalue weighted by Gasteiger charge is -2.28. The molecule has 0 spiro atoms. The average Bonchev–Trinajstić information content (AvgIpc) is 3.79. The molecule has 10 nitrogen and oxygen atoms in total. The van der Waals surface area contributed by atoms with Gasteiger partial charge in [0.25, 0.3) is 23.6 Å². The summed E-state index contributed by atoms with van der Waals surface area (Å²) in [5.74, 6) is 1.36. The van der Waals surface area contributed by atoms with Crippen LogP contribution in [0, 0.1) is 0 Å². The molecule has 6 aromatic carbocycles. The van der Waals surface area contributed by atoms with Gasteiger partial charge in [0.1, 0.15) is 36.2 Å². The number of hydrogen-bond donors (Lipinski definition) is 0. The molecule has 0 saturated heterocycles. The van der Waals surface area contributed by atoms with E-state index >= 15 is 0 Å². The van der Waals surface area contributed by atoms with Crippen LogP contribution >= 0.6 is 47.0 Å². The first-order valence-corrected chi connectivity index (χ1v) is 30.9. The molecule has 0 radical (unpaired) electrons. The third kappa shape index (κ3) is 12.3. The zero-order chi connectivity index (χ0) is 57.6. The summed E-state index contributed by atoms with van der Waals surface area (Å²) < 4.78 is 28.1. The highest BCUT2D eigenvalue weighted by Gasteiger charge is 2.37. The molecule has 0 aromatic heterocycles. The normalized spacial score (nSPS) is 14.6. The number of nitrogens with zero attached hydrogens (tertiary/aromatic N) is 2. The van der Waals surface area contributed by atoms with Gasteiger partial charge in [-0.3, -0.25) is 29.0 Å². The summed E-state index contributed by atoms with van der Waals surface area (Å²) in [7, 11) is 0. The smallest absolute Gasteiger partial charge is 0.261 e. The minimum absolute atomic E-state index is 0.0483. The molecule has 0 aliphatic carbocycles. The van der Waals surface area contributed by atoms with Crippen LogP contribution in [0.4, 0.5) is 0 Å². The van der Waals surface area contributed by atoms with Gasteiger partial charge in [-0.05, 0) is 130 Å². The van der Waals surface area contributed by atoms with E-state index in [0.29, 0.717) is 47.0 Å². The second kappa shape index (κ2) is 23.2.